The first-order valence-corrected chi connectivity index (χ1v) is 8.71. The molecule has 144 valence electrons. The smallest absolute Gasteiger partial charge is 0.309 e. The van der Waals surface area contributed by atoms with Crippen molar-refractivity contribution in [2.24, 2.45) is 0 Å². The fraction of sp³-hybridized carbons (Fsp3) is 0.211. The SMILES string of the molecule is O=C1CC(O)c2ccn(Cc3cc4cc(F)c(F)cc4nc3Cl)c(=O)c2CO1. The van der Waals surface area contributed by atoms with Crippen molar-refractivity contribution >= 4 is 28.5 Å². The zero-order valence-corrected chi connectivity index (χ0v) is 15.0. The van der Waals surface area contributed by atoms with Crippen LogP contribution in [0, 0.1) is 11.6 Å². The second-order valence-corrected chi connectivity index (χ2v) is 6.82. The van der Waals surface area contributed by atoms with Crippen molar-refractivity contribution in [3.63, 3.8) is 0 Å². The number of fused-ring (bicyclic) bond motifs is 2. The van der Waals surface area contributed by atoms with Gasteiger partial charge in [0.1, 0.15) is 11.8 Å². The van der Waals surface area contributed by atoms with E-state index in [-0.39, 0.29) is 35.8 Å². The van der Waals surface area contributed by atoms with Crippen LogP contribution in [0.3, 0.4) is 0 Å². The van der Waals surface area contributed by atoms with Crippen LogP contribution in [0.25, 0.3) is 10.9 Å². The van der Waals surface area contributed by atoms with Crippen LogP contribution in [0.15, 0.2) is 35.3 Å². The zero-order chi connectivity index (χ0) is 20.0. The van der Waals surface area contributed by atoms with Gasteiger partial charge in [0.05, 0.1) is 30.1 Å². The Hall–Kier alpha value is -2.84. The van der Waals surface area contributed by atoms with Crippen LogP contribution >= 0.6 is 11.6 Å². The van der Waals surface area contributed by atoms with Crippen molar-refractivity contribution in [3.05, 3.63) is 74.3 Å². The fourth-order valence-corrected chi connectivity index (χ4v) is 3.39. The van der Waals surface area contributed by atoms with E-state index in [0.717, 1.165) is 12.1 Å². The summed E-state index contributed by atoms with van der Waals surface area (Å²) in [6.07, 6.45) is 0.126. The maximum Gasteiger partial charge on any atom is 0.309 e. The number of rotatable bonds is 2. The zero-order valence-electron chi connectivity index (χ0n) is 14.3. The Morgan fingerprint density at radius 3 is 2.79 bits per heavy atom. The number of aliphatic hydroxyl groups is 1. The Bertz CT molecular complexity index is 1180. The molecule has 2 aromatic heterocycles. The van der Waals surface area contributed by atoms with Gasteiger partial charge in [-0.2, -0.15) is 0 Å². The average molecular weight is 407 g/mol. The molecule has 0 aliphatic carbocycles. The summed E-state index contributed by atoms with van der Waals surface area (Å²) < 4.78 is 33.2. The molecule has 0 amide bonds. The van der Waals surface area contributed by atoms with E-state index in [4.69, 9.17) is 16.3 Å². The summed E-state index contributed by atoms with van der Waals surface area (Å²) in [6.45, 7) is -0.226. The number of halogens is 3. The van der Waals surface area contributed by atoms with Crippen LogP contribution in [0.4, 0.5) is 8.78 Å². The van der Waals surface area contributed by atoms with E-state index in [1.54, 1.807) is 6.07 Å². The minimum absolute atomic E-state index is 0.0108. The molecule has 0 saturated heterocycles. The number of hydrogen-bond donors (Lipinski definition) is 1. The highest BCUT2D eigenvalue weighted by Gasteiger charge is 2.25. The predicted octanol–water partition coefficient (Wildman–Crippen LogP) is 2.86. The highest BCUT2D eigenvalue weighted by molar-refractivity contribution is 6.30. The van der Waals surface area contributed by atoms with Crippen molar-refractivity contribution in [2.45, 2.75) is 25.7 Å². The Balaban J connectivity index is 1.76. The van der Waals surface area contributed by atoms with Gasteiger partial charge in [0, 0.05) is 23.2 Å². The van der Waals surface area contributed by atoms with Gasteiger partial charge in [-0.25, -0.2) is 13.8 Å². The van der Waals surface area contributed by atoms with Crippen molar-refractivity contribution in [2.75, 3.05) is 0 Å². The molecule has 0 fully saturated rings. The molecule has 28 heavy (non-hydrogen) atoms. The average Bonchev–Trinajstić information content (AvgIpc) is 2.78. The molecule has 0 spiro atoms. The number of cyclic esters (lactones) is 1. The number of esters is 1. The van der Waals surface area contributed by atoms with Crippen molar-refractivity contribution < 1.29 is 23.4 Å². The molecule has 1 atom stereocenters. The van der Waals surface area contributed by atoms with Gasteiger partial charge in [0.2, 0.25) is 0 Å². The summed E-state index contributed by atoms with van der Waals surface area (Å²) in [7, 11) is 0. The van der Waals surface area contributed by atoms with E-state index < -0.39 is 29.3 Å². The van der Waals surface area contributed by atoms with Crippen LogP contribution in [0.5, 0.6) is 0 Å². The van der Waals surface area contributed by atoms with Crippen LogP contribution in [0.2, 0.25) is 5.15 Å². The van der Waals surface area contributed by atoms with Crippen LogP contribution in [-0.2, 0) is 22.7 Å². The molecule has 0 saturated carbocycles. The van der Waals surface area contributed by atoms with Crippen LogP contribution in [0.1, 0.15) is 29.2 Å². The topological polar surface area (TPSA) is 81.4 Å². The Morgan fingerprint density at radius 2 is 2.00 bits per heavy atom. The third kappa shape index (κ3) is 3.25. The third-order valence-electron chi connectivity index (χ3n) is 4.62. The summed E-state index contributed by atoms with van der Waals surface area (Å²) in [5.41, 5.74) is 0.685. The van der Waals surface area contributed by atoms with E-state index in [1.807, 2.05) is 0 Å². The second kappa shape index (κ2) is 6.96. The second-order valence-electron chi connectivity index (χ2n) is 6.46. The maximum absolute atomic E-state index is 13.5. The van der Waals surface area contributed by atoms with E-state index in [0.29, 0.717) is 16.5 Å². The first-order chi connectivity index (χ1) is 13.3. The lowest BCUT2D eigenvalue weighted by Gasteiger charge is -2.13. The molecule has 4 rings (SSSR count). The van der Waals surface area contributed by atoms with Gasteiger partial charge in [-0.05, 0) is 23.8 Å². The van der Waals surface area contributed by atoms with E-state index in [2.05, 4.69) is 4.98 Å². The molecule has 1 N–H and O–H groups in total. The summed E-state index contributed by atoms with van der Waals surface area (Å²) in [5, 5.41) is 10.5. The van der Waals surface area contributed by atoms with E-state index in [1.165, 1.54) is 16.8 Å². The van der Waals surface area contributed by atoms with Gasteiger partial charge < -0.3 is 14.4 Å². The Labute approximate surface area is 162 Å². The van der Waals surface area contributed by atoms with Gasteiger partial charge in [0.25, 0.3) is 5.56 Å². The Morgan fingerprint density at radius 1 is 1.25 bits per heavy atom. The number of ether oxygens (including phenoxy) is 1. The number of nitrogens with zero attached hydrogens (tertiary/aromatic N) is 2. The number of carbonyl (C=O) groups excluding carboxylic acids is 1. The quantitative estimate of drug-likeness (QED) is 0.523. The van der Waals surface area contributed by atoms with Gasteiger partial charge in [-0.15, -0.1) is 0 Å². The number of pyridine rings is 2. The lowest BCUT2D eigenvalue weighted by molar-refractivity contribution is -0.146. The maximum atomic E-state index is 13.5. The van der Waals surface area contributed by atoms with Crippen LogP contribution in [-0.4, -0.2) is 20.6 Å². The molecule has 1 aliphatic rings. The van der Waals surface area contributed by atoms with Crippen molar-refractivity contribution in [1.82, 2.24) is 9.55 Å². The molecule has 3 aromatic rings. The van der Waals surface area contributed by atoms with Gasteiger partial charge in [-0.3, -0.25) is 9.59 Å². The molecule has 1 aliphatic heterocycles. The van der Waals surface area contributed by atoms with E-state index >= 15 is 0 Å². The monoisotopic (exact) mass is 406 g/mol. The summed E-state index contributed by atoms with van der Waals surface area (Å²) in [6, 6.07) is 5.03. The summed E-state index contributed by atoms with van der Waals surface area (Å²) in [4.78, 5) is 28.3. The molecule has 1 unspecified atom stereocenters. The predicted molar refractivity (Wildman–Crippen MR) is 95.8 cm³/mol. The minimum Gasteiger partial charge on any atom is -0.460 e. The standard InChI is InChI=1S/C19H13ClF2N2O4/c20-18-10(3-9-4-13(21)14(22)5-15(9)23-18)7-24-2-1-11-12(19(24)27)8-28-17(26)6-16(11)25/h1-5,16,25H,6-8H2. The largest absolute Gasteiger partial charge is 0.460 e. The number of benzene rings is 1. The summed E-state index contributed by atoms with van der Waals surface area (Å²) in [5.74, 6) is -2.63. The minimum atomic E-state index is -1.11. The Kier molecular flexibility index (Phi) is 4.60. The number of hydrogen-bond acceptors (Lipinski definition) is 5. The fourth-order valence-electron chi connectivity index (χ4n) is 3.18. The lowest BCUT2D eigenvalue weighted by atomic mass is 10.0. The normalized spacial score (nSPS) is 16.6. The number of aromatic nitrogens is 2. The first kappa shape index (κ1) is 18.5. The molecular weight excluding hydrogens is 394 g/mol. The third-order valence-corrected chi connectivity index (χ3v) is 4.95. The van der Waals surface area contributed by atoms with Crippen LogP contribution < -0.4 is 5.56 Å². The molecule has 0 bridgehead atoms. The molecule has 9 heteroatoms. The van der Waals surface area contributed by atoms with Crippen molar-refractivity contribution in [3.8, 4) is 0 Å². The number of aliphatic hydroxyl groups excluding tert-OH is 1. The van der Waals surface area contributed by atoms with Gasteiger partial charge in [0.15, 0.2) is 11.6 Å². The molecule has 3 heterocycles. The highest BCUT2D eigenvalue weighted by Crippen LogP contribution is 2.25. The van der Waals surface area contributed by atoms with Crippen molar-refractivity contribution in [1.29, 1.82) is 0 Å². The molecule has 6 nitrogen and oxygen atoms in total. The first-order valence-electron chi connectivity index (χ1n) is 8.33. The summed E-state index contributed by atoms with van der Waals surface area (Å²) >= 11 is 6.16. The number of carbonyl (C=O) groups is 1. The molecule has 1 aromatic carbocycles. The molecule has 0 radical (unpaired) electrons. The highest BCUT2D eigenvalue weighted by atomic mass is 35.5. The van der Waals surface area contributed by atoms with Gasteiger partial charge in [-0.1, -0.05) is 11.6 Å². The molecular formula is C19H13ClF2N2O4. The van der Waals surface area contributed by atoms with Gasteiger partial charge >= 0.3 is 5.97 Å². The van der Waals surface area contributed by atoms with E-state index in [9.17, 15) is 23.5 Å². The lowest BCUT2D eigenvalue weighted by Crippen LogP contribution is -2.26.